The molecule has 0 bridgehead atoms. The van der Waals surface area contributed by atoms with Crippen LogP contribution < -0.4 is 5.73 Å². The van der Waals surface area contributed by atoms with Crippen molar-refractivity contribution in [3.63, 3.8) is 0 Å². The second-order valence-electron chi connectivity index (χ2n) is 6.46. The Hall–Kier alpha value is -0.120. The molecule has 3 atom stereocenters. The molecule has 0 radical (unpaired) electrons. The zero-order chi connectivity index (χ0) is 11.9. The Morgan fingerprint density at radius 1 is 1.29 bits per heavy atom. The molecular weight excluding hydrogens is 212 g/mol. The van der Waals surface area contributed by atoms with Gasteiger partial charge in [0.15, 0.2) is 0 Å². The molecule has 98 valence electrons. The van der Waals surface area contributed by atoms with Gasteiger partial charge in [-0.15, -0.1) is 0 Å². The molecule has 2 aliphatic heterocycles. The molecule has 2 heterocycles. The number of ether oxygens (including phenoxy) is 1. The number of hydrogen-bond donors (Lipinski definition) is 1. The molecule has 1 saturated carbocycles. The highest BCUT2D eigenvalue weighted by Gasteiger charge is 2.44. The highest BCUT2D eigenvalue weighted by Crippen LogP contribution is 2.43. The van der Waals surface area contributed by atoms with Crippen LogP contribution >= 0.6 is 0 Å². The van der Waals surface area contributed by atoms with E-state index < -0.39 is 0 Å². The molecule has 0 amide bonds. The van der Waals surface area contributed by atoms with Gasteiger partial charge in [0.1, 0.15) is 0 Å². The first-order chi connectivity index (χ1) is 8.19. The highest BCUT2D eigenvalue weighted by molar-refractivity contribution is 4.97. The summed E-state index contributed by atoms with van der Waals surface area (Å²) < 4.78 is 6.02. The summed E-state index contributed by atoms with van der Waals surface area (Å²) in [7, 11) is 0. The van der Waals surface area contributed by atoms with E-state index in [1.165, 1.54) is 51.6 Å². The Morgan fingerprint density at radius 3 is 2.76 bits per heavy atom. The molecular formula is C14H26N2O. The number of nitrogens with zero attached hydrogens (tertiary/aromatic N) is 1. The molecule has 3 heteroatoms. The molecule has 0 aromatic heterocycles. The molecule has 2 saturated heterocycles. The van der Waals surface area contributed by atoms with Crippen LogP contribution in [0.2, 0.25) is 0 Å². The Balaban J connectivity index is 1.60. The molecule has 3 rings (SSSR count). The van der Waals surface area contributed by atoms with E-state index in [-0.39, 0.29) is 5.60 Å². The van der Waals surface area contributed by atoms with Crippen molar-refractivity contribution >= 4 is 0 Å². The summed E-state index contributed by atoms with van der Waals surface area (Å²) in [4.78, 5) is 2.69. The van der Waals surface area contributed by atoms with Gasteiger partial charge in [-0.2, -0.15) is 0 Å². The molecule has 3 fully saturated rings. The van der Waals surface area contributed by atoms with Gasteiger partial charge in [-0.1, -0.05) is 6.92 Å². The predicted octanol–water partition coefficient (Wildman–Crippen LogP) is 1.76. The summed E-state index contributed by atoms with van der Waals surface area (Å²) >= 11 is 0. The average molecular weight is 238 g/mol. The quantitative estimate of drug-likeness (QED) is 0.756. The van der Waals surface area contributed by atoms with Gasteiger partial charge in [0.25, 0.3) is 0 Å². The first-order valence-corrected chi connectivity index (χ1v) is 7.32. The first kappa shape index (κ1) is 11.9. The highest BCUT2D eigenvalue weighted by atomic mass is 16.5. The number of nitrogens with two attached hydrogens (primary N) is 1. The Bertz CT molecular complexity index is 277. The molecule has 3 unspecified atom stereocenters. The first-order valence-electron chi connectivity index (χ1n) is 7.32. The van der Waals surface area contributed by atoms with Gasteiger partial charge in [-0.05, 0) is 51.0 Å². The van der Waals surface area contributed by atoms with Gasteiger partial charge in [0, 0.05) is 25.2 Å². The van der Waals surface area contributed by atoms with E-state index in [0.29, 0.717) is 12.0 Å². The lowest BCUT2D eigenvalue weighted by atomic mass is 9.73. The van der Waals surface area contributed by atoms with Crippen LogP contribution in [0.3, 0.4) is 0 Å². The lowest BCUT2D eigenvalue weighted by Crippen LogP contribution is -2.56. The van der Waals surface area contributed by atoms with E-state index in [1.807, 2.05) is 0 Å². The third-order valence-corrected chi connectivity index (χ3v) is 5.25. The Kier molecular flexibility index (Phi) is 3.18. The minimum atomic E-state index is 0.283. The maximum absolute atomic E-state index is 6.11. The van der Waals surface area contributed by atoms with Crippen molar-refractivity contribution in [2.24, 2.45) is 11.7 Å². The molecule has 0 aromatic rings. The molecule has 17 heavy (non-hydrogen) atoms. The zero-order valence-electron chi connectivity index (χ0n) is 11.0. The van der Waals surface area contributed by atoms with Gasteiger partial charge in [-0.3, -0.25) is 4.90 Å². The molecule has 2 N–H and O–H groups in total. The van der Waals surface area contributed by atoms with Crippen molar-refractivity contribution in [3.8, 4) is 0 Å². The largest absolute Gasteiger partial charge is 0.375 e. The Morgan fingerprint density at radius 2 is 2.12 bits per heavy atom. The second-order valence-corrected chi connectivity index (χ2v) is 6.46. The van der Waals surface area contributed by atoms with E-state index in [4.69, 9.17) is 10.5 Å². The standard InChI is InChI=1S/C14H26N2O/c1-11-10-16(7-3-13(11)15)12-4-8-17-14(9-12)5-2-6-14/h11-13H,2-10,15H2,1H3. The SMILES string of the molecule is CC1CN(C2CCOC3(CCC3)C2)CCC1N. The van der Waals surface area contributed by atoms with Gasteiger partial charge < -0.3 is 10.5 Å². The summed E-state index contributed by atoms with van der Waals surface area (Å²) in [5, 5.41) is 0. The normalized spacial score (nSPS) is 42.4. The number of rotatable bonds is 1. The summed E-state index contributed by atoms with van der Waals surface area (Å²) in [6.45, 7) is 5.67. The van der Waals surface area contributed by atoms with E-state index in [9.17, 15) is 0 Å². The molecule has 1 aliphatic carbocycles. The number of hydrogen-bond acceptors (Lipinski definition) is 3. The van der Waals surface area contributed by atoms with E-state index in [1.54, 1.807) is 0 Å². The molecule has 1 spiro atoms. The fourth-order valence-electron chi connectivity index (χ4n) is 3.76. The third kappa shape index (κ3) is 2.25. The topological polar surface area (TPSA) is 38.5 Å². The van der Waals surface area contributed by atoms with Crippen molar-refractivity contribution < 1.29 is 4.74 Å². The summed E-state index contributed by atoms with van der Waals surface area (Å²) in [5.74, 6) is 0.656. The number of likely N-dealkylation sites (tertiary alicyclic amines) is 1. The van der Waals surface area contributed by atoms with Gasteiger partial charge >= 0.3 is 0 Å². The molecule has 0 aromatic carbocycles. The van der Waals surface area contributed by atoms with Gasteiger partial charge in [-0.25, -0.2) is 0 Å². The fourth-order valence-corrected chi connectivity index (χ4v) is 3.76. The van der Waals surface area contributed by atoms with Crippen molar-refractivity contribution in [2.45, 2.75) is 63.1 Å². The van der Waals surface area contributed by atoms with E-state index in [2.05, 4.69) is 11.8 Å². The molecule has 3 aliphatic rings. The Labute approximate surface area is 105 Å². The van der Waals surface area contributed by atoms with Gasteiger partial charge in [0.05, 0.1) is 5.60 Å². The third-order valence-electron chi connectivity index (χ3n) is 5.25. The van der Waals surface area contributed by atoms with Crippen LogP contribution in [0, 0.1) is 5.92 Å². The average Bonchev–Trinajstić information content (AvgIpc) is 2.31. The summed E-state index contributed by atoms with van der Waals surface area (Å²) in [6, 6.07) is 1.18. The van der Waals surface area contributed by atoms with Crippen molar-refractivity contribution in [3.05, 3.63) is 0 Å². The van der Waals surface area contributed by atoms with Crippen molar-refractivity contribution in [2.75, 3.05) is 19.7 Å². The molecule has 3 nitrogen and oxygen atoms in total. The second kappa shape index (κ2) is 4.52. The van der Waals surface area contributed by atoms with Crippen molar-refractivity contribution in [1.29, 1.82) is 0 Å². The minimum Gasteiger partial charge on any atom is -0.375 e. The predicted molar refractivity (Wildman–Crippen MR) is 68.9 cm³/mol. The van der Waals surface area contributed by atoms with Crippen LogP contribution in [0.4, 0.5) is 0 Å². The van der Waals surface area contributed by atoms with Crippen LogP contribution in [0.5, 0.6) is 0 Å². The maximum atomic E-state index is 6.11. The van der Waals surface area contributed by atoms with E-state index >= 15 is 0 Å². The monoisotopic (exact) mass is 238 g/mol. The summed E-state index contributed by atoms with van der Waals surface area (Å²) in [6.07, 6.45) is 7.64. The van der Waals surface area contributed by atoms with Crippen LogP contribution in [-0.4, -0.2) is 42.3 Å². The van der Waals surface area contributed by atoms with Crippen molar-refractivity contribution in [1.82, 2.24) is 4.90 Å². The fraction of sp³-hybridized carbons (Fsp3) is 1.00. The summed E-state index contributed by atoms with van der Waals surface area (Å²) in [5.41, 5.74) is 6.39. The van der Waals surface area contributed by atoms with Gasteiger partial charge in [0.2, 0.25) is 0 Å². The van der Waals surface area contributed by atoms with Crippen LogP contribution in [-0.2, 0) is 4.74 Å². The van der Waals surface area contributed by atoms with Crippen LogP contribution in [0.15, 0.2) is 0 Å². The maximum Gasteiger partial charge on any atom is 0.0697 e. The lowest BCUT2D eigenvalue weighted by Gasteiger charge is -2.51. The van der Waals surface area contributed by atoms with E-state index in [0.717, 1.165) is 12.6 Å². The smallest absolute Gasteiger partial charge is 0.0697 e. The van der Waals surface area contributed by atoms with Crippen LogP contribution in [0.25, 0.3) is 0 Å². The lowest BCUT2D eigenvalue weighted by molar-refractivity contribution is -0.151. The number of piperidine rings is 1. The minimum absolute atomic E-state index is 0.283. The zero-order valence-corrected chi connectivity index (χ0v) is 11.0. The van der Waals surface area contributed by atoms with Crippen LogP contribution in [0.1, 0.15) is 45.4 Å².